The van der Waals surface area contributed by atoms with Crippen LogP contribution in [0.3, 0.4) is 0 Å². The SMILES string of the molecule is O=C(Nc1cc(S(=O)(=O)[O-])cc2cc(S(=O)(=O)[O-])cc(O)c12)c1ccccc1.[K+].[K+]. The predicted molar refractivity (Wildman–Crippen MR) is 95.9 cm³/mol. The van der Waals surface area contributed by atoms with Gasteiger partial charge in [0.2, 0.25) is 0 Å². The van der Waals surface area contributed by atoms with Gasteiger partial charge < -0.3 is 19.5 Å². The number of phenolic OH excluding ortho intramolecular Hbond substituents is 1. The van der Waals surface area contributed by atoms with E-state index in [4.69, 9.17) is 0 Å². The molecule has 0 fully saturated rings. The Hall–Kier alpha value is 0.283. The van der Waals surface area contributed by atoms with E-state index in [-0.39, 0.29) is 125 Å². The third-order valence-corrected chi connectivity index (χ3v) is 5.46. The monoisotopic (exact) mass is 499 g/mol. The zero-order chi connectivity index (χ0) is 20.7. The van der Waals surface area contributed by atoms with E-state index in [9.17, 15) is 35.8 Å². The molecule has 30 heavy (non-hydrogen) atoms. The van der Waals surface area contributed by atoms with Crippen molar-refractivity contribution in [2.45, 2.75) is 9.79 Å². The summed E-state index contributed by atoms with van der Waals surface area (Å²) in [5, 5.41) is 12.2. The summed E-state index contributed by atoms with van der Waals surface area (Å²) in [5.74, 6) is -1.35. The average Bonchev–Trinajstić information content (AvgIpc) is 2.60. The summed E-state index contributed by atoms with van der Waals surface area (Å²) in [5.41, 5.74) is -0.0302. The Balaban J connectivity index is 0.00000225. The second kappa shape index (κ2) is 10.9. The van der Waals surface area contributed by atoms with Gasteiger partial charge in [-0.3, -0.25) is 4.79 Å². The molecule has 9 nitrogen and oxygen atoms in total. The van der Waals surface area contributed by atoms with Gasteiger partial charge in [-0.1, -0.05) is 18.2 Å². The normalized spacial score (nSPS) is 11.3. The van der Waals surface area contributed by atoms with Crippen LogP contribution in [0.25, 0.3) is 10.8 Å². The van der Waals surface area contributed by atoms with E-state index in [0.717, 1.165) is 18.2 Å². The summed E-state index contributed by atoms with van der Waals surface area (Å²) < 4.78 is 68.0. The van der Waals surface area contributed by atoms with Gasteiger partial charge in [-0.25, -0.2) is 16.8 Å². The molecule has 0 saturated heterocycles. The van der Waals surface area contributed by atoms with Crippen molar-refractivity contribution >= 4 is 42.6 Å². The molecule has 0 aliphatic heterocycles. The Bertz CT molecular complexity index is 1310. The second-order valence-corrected chi connectivity index (χ2v) is 8.50. The van der Waals surface area contributed by atoms with Gasteiger partial charge >= 0.3 is 103 Å². The molecule has 0 aromatic heterocycles. The number of hydrogen-bond acceptors (Lipinski definition) is 8. The molecule has 0 heterocycles. The molecule has 1 amide bonds. The number of aromatic hydroxyl groups is 1. The van der Waals surface area contributed by atoms with E-state index in [2.05, 4.69) is 5.32 Å². The fraction of sp³-hybridized carbons (Fsp3) is 0. The van der Waals surface area contributed by atoms with Crippen LogP contribution >= 0.6 is 0 Å². The number of benzene rings is 3. The second-order valence-electron chi connectivity index (χ2n) is 5.74. The fourth-order valence-electron chi connectivity index (χ4n) is 2.61. The molecule has 146 valence electrons. The Morgan fingerprint density at radius 3 is 1.83 bits per heavy atom. The van der Waals surface area contributed by atoms with Crippen molar-refractivity contribution in [3.05, 3.63) is 60.2 Å². The zero-order valence-corrected chi connectivity index (χ0v) is 23.7. The minimum atomic E-state index is -4.99. The fourth-order valence-corrected chi connectivity index (χ4v) is 3.67. The molecular weight excluding hydrogens is 489 g/mol. The number of carbonyl (C=O) groups is 1. The Labute approximate surface area is 257 Å². The number of carbonyl (C=O) groups excluding carboxylic acids is 1. The number of rotatable bonds is 4. The van der Waals surface area contributed by atoms with Crippen LogP contribution in [0, 0.1) is 0 Å². The van der Waals surface area contributed by atoms with Crippen LogP contribution < -0.4 is 108 Å². The number of fused-ring (bicyclic) bond motifs is 1. The van der Waals surface area contributed by atoms with Crippen LogP contribution in [0.15, 0.2) is 64.4 Å². The number of amides is 1. The van der Waals surface area contributed by atoms with Crippen molar-refractivity contribution < 1.29 is 139 Å². The van der Waals surface area contributed by atoms with E-state index in [1.54, 1.807) is 18.2 Å². The molecule has 13 heteroatoms. The molecule has 0 bridgehead atoms. The first kappa shape index (κ1) is 28.3. The van der Waals surface area contributed by atoms with Gasteiger partial charge in [0.15, 0.2) is 0 Å². The van der Waals surface area contributed by atoms with E-state index < -0.39 is 41.7 Å². The maximum atomic E-state index is 12.4. The van der Waals surface area contributed by atoms with Crippen molar-refractivity contribution in [2.75, 3.05) is 5.32 Å². The van der Waals surface area contributed by atoms with Gasteiger partial charge in [0, 0.05) is 10.9 Å². The maximum Gasteiger partial charge on any atom is 1.00 e. The van der Waals surface area contributed by atoms with E-state index in [1.807, 2.05) is 0 Å². The molecule has 0 saturated carbocycles. The van der Waals surface area contributed by atoms with E-state index >= 15 is 0 Å². The van der Waals surface area contributed by atoms with Crippen molar-refractivity contribution in [3.8, 4) is 5.75 Å². The third kappa shape index (κ3) is 6.65. The summed E-state index contributed by atoms with van der Waals surface area (Å²) in [6, 6.07) is 11.0. The Morgan fingerprint density at radius 2 is 1.33 bits per heavy atom. The van der Waals surface area contributed by atoms with Gasteiger partial charge in [-0.05, 0) is 41.8 Å². The van der Waals surface area contributed by atoms with E-state index in [1.165, 1.54) is 12.1 Å². The summed E-state index contributed by atoms with van der Waals surface area (Å²) in [7, 11) is -9.96. The van der Waals surface area contributed by atoms with Crippen LogP contribution in [0.4, 0.5) is 5.69 Å². The molecule has 0 aliphatic carbocycles. The molecule has 0 radical (unpaired) electrons. The van der Waals surface area contributed by atoms with Crippen molar-refractivity contribution in [1.29, 1.82) is 0 Å². The first-order chi connectivity index (χ1) is 13.0. The number of hydrogen-bond donors (Lipinski definition) is 2. The van der Waals surface area contributed by atoms with Gasteiger partial charge in [-0.2, -0.15) is 0 Å². The molecule has 3 rings (SSSR count). The van der Waals surface area contributed by atoms with Gasteiger partial charge in [0.1, 0.15) is 26.0 Å². The molecule has 0 spiro atoms. The predicted octanol–water partition coefficient (Wildman–Crippen LogP) is -4.39. The van der Waals surface area contributed by atoms with Crippen LogP contribution in [0.2, 0.25) is 0 Å². The van der Waals surface area contributed by atoms with Gasteiger partial charge in [0.25, 0.3) is 5.91 Å². The van der Waals surface area contributed by atoms with Gasteiger partial charge in [-0.15, -0.1) is 0 Å². The van der Waals surface area contributed by atoms with Gasteiger partial charge in [0.05, 0.1) is 15.5 Å². The molecular formula is C17H11K2NO8S2. The number of anilines is 1. The number of nitrogens with one attached hydrogen (secondary N) is 1. The van der Waals surface area contributed by atoms with E-state index in [0.29, 0.717) is 6.07 Å². The minimum absolute atomic E-state index is 0. The zero-order valence-electron chi connectivity index (χ0n) is 15.8. The smallest absolute Gasteiger partial charge is 0.744 e. The molecule has 0 atom stereocenters. The van der Waals surface area contributed by atoms with Crippen LogP contribution in [0.1, 0.15) is 10.4 Å². The van der Waals surface area contributed by atoms with Crippen molar-refractivity contribution in [1.82, 2.24) is 0 Å². The molecule has 0 unspecified atom stereocenters. The molecule has 3 aromatic carbocycles. The molecule has 0 aliphatic rings. The summed E-state index contributed by atoms with van der Waals surface area (Å²) in [6.45, 7) is 0. The summed E-state index contributed by atoms with van der Waals surface area (Å²) in [6.07, 6.45) is 0. The minimum Gasteiger partial charge on any atom is -0.744 e. The summed E-state index contributed by atoms with van der Waals surface area (Å²) in [4.78, 5) is 10.8. The average molecular weight is 500 g/mol. The maximum absolute atomic E-state index is 12.4. The quantitative estimate of drug-likeness (QED) is 0.268. The summed E-state index contributed by atoms with van der Waals surface area (Å²) >= 11 is 0. The van der Waals surface area contributed by atoms with Crippen LogP contribution in [-0.2, 0) is 20.2 Å². The largest absolute Gasteiger partial charge is 1.00 e. The van der Waals surface area contributed by atoms with Crippen LogP contribution in [-0.4, -0.2) is 37.0 Å². The Kier molecular flexibility index (Phi) is 10.3. The standard InChI is InChI=1S/C17H13NO8S2.2K/c19-15-9-13(28(24,25)26)7-11-6-12(27(21,22)23)8-14(16(11)15)18-17(20)10-4-2-1-3-5-10;;/h1-9,19H,(H,18,20)(H,21,22,23)(H,24,25,26);;/q;2*+1/p-2. The Morgan fingerprint density at radius 1 is 0.833 bits per heavy atom. The molecule has 3 aromatic rings. The third-order valence-electron chi connectivity index (χ3n) is 3.84. The molecule has 2 N–H and O–H groups in total. The number of phenols is 1. The van der Waals surface area contributed by atoms with Crippen molar-refractivity contribution in [3.63, 3.8) is 0 Å². The topological polar surface area (TPSA) is 164 Å². The van der Waals surface area contributed by atoms with Crippen LogP contribution in [0.5, 0.6) is 5.75 Å². The first-order valence-corrected chi connectivity index (χ1v) is 10.4. The first-order valence-electron chi connectivity index (χ1n) is 7.56. The van der Waals surface area contributed by atoms with Crippen molar-refractivity contribution in [2.24, 2.45) is 0 Å².